The first-order valence-corrected chi connectivity index (χ1v) is 7.88. The Bertz CT molecular complexity index is 792. The summed E-state index contributed by atoms with van der Waals surface area (Å²) in [5.41, 5.74) is -0.300. The summed E-state index contributed by atoms with van der Waals surface area (Å²) < 4.78 is 2.51. The fraction of sp³-hybridized carbons (Fsp3) is 0.571. The van der Waals surface area contributed by atoms with Gasteiger partial charge in [0.05, 0.1) is 0 Å². The zero-order valence-electron chi connectivity index (χ0n) is 13.0. The van der Waals surface area contributed by atoms with Crippen LogP contribution in [0.3, 0.4) is 0 Å². The summed E-state index contributed by atoms with van der Waals surface area (Å²) in [4.78, 5) is 33.0. The lowest BCUT2D eigenvalue weighted by Gasteiger charge is -2.11. The third kappa shape index (κ3) is 3.02. The summed E-state index contributed by atoms with van der Waals surface area (Å²) in [5.74, 6) is 2.05. The molecule has 2 aromatic rings. The molecule has 0 saturated heterocycles. The van der Waals surface area contributed by atoms with Crippen LogP contribution in [0.2, 0.25) is 0 Å². The van der Waals surface area contributed by atoms with Gasteiger partial charge in [0.1, 0.15) is 16.2 Å². The number of hydrogen-bond acceptors (Lipinski definition) is 5. The summed E-state index contributed by atoms with van der Waals surface area (Å²) in [6.45, 7) is 6.09. The predicted molar refractivity (Wildman–Crippen MR) is 84.9 cm³/mol. The molecule has 0 fully saturated rings. The average molecular weight is 308 g/mol. The number of fused-ring (bicyclic) bond motifs is 1. The lowest BCUT2D eigenvalue weighted by Crippen LogP contribution is -2.37. The molecular formula is C14H20N4O2S. The van der Waals surface area contributed by atoms with Crippen LogP contribution in [0.4, 0.5) is 0 Å². The van der Waals surface area contributed by atoms with Crippen molar-refractivity contribution in [2.45, 2.75) is 32.2 Å². The highest BCUT2D eigenvalue weighted by Crippen LogP contribution is 2.23. The number of thioether (sulfide) groups is 1. The maximum absolute atomic E-state index is 12.4. The maximum atomic E-state index is 12.4. The van der Waals surface area contributed by atoms with Crippen LogP contribution in [0.15, 0.2) is 14.6 Å². The van der Waals surface area contributed by atoms with Gasteiger partial charge in [0.2, 0.25) is 0 Å². The molecular weight excluding hydrogens is 288 g/mol. The average Bonchev–Trinajstić information content (AvgIpc) is 2.41. The minimum atomic E-state index is -0.372. The van der Waals surface area contributed by atoms with Crippen LogP contribution in [0.25, 0.3) is 11.0 Å². The van der Waals surface area contributed by atoms with E-state index in [2.05, 4.69) is 23.8 Å². The first-order valence-electron chi connectivity index (χ1n) is 6.90. The first kappa shape index (κ1) is 15.8. The molecule has 0 radical (unpaired) electrons. The molecule has 0 aliphatic rings. The van der Waals surface area contributed by atoms with Crippen LogP contribution in [0.5, 0.6) is 0 Å². The van der Waals surface area contributed by atoms with E-state index < -0.39 is 0 Å². The lowest BCUT2D eigenvalue weighted by molar-refractivity contribution is 0.632. The Kier molecular flexibility index (Phi) is 4.51. The second-order valence-corrected chi connectivity index (χ2v) is 6.59. The Hall–Kier alpha value is -1.63. The molecule has 114 valence electrons. The highest BCUT2D eigenvalue weighted by Gasteiger charge is 2.16. The van der Waals surface area contributed by atoms with Gasteiger partial charge in [-0.05, 0) is 25.0 Å². The van der Waals surface area contributed by atoms with E-state index in [-0.39, 0.29) is 11.2 Å². The van der Waals surface area contributed by atoms with Crippen molar-refractivity contribution < 1.29 is 0 Å². The molecule has 0 saturated carbocycles. The smallest absolute Gasteiger partial charge is 0.280 e. The van der Waals surface area contributed by atoms with Crippen molar-refractivity contribution in [2.75, 3.05) is 5.75 Å². The zero-order chi connectivity index (χ0) is 15.7. The highest BCUT2D eigenvalue weighted by atomic mass is 32.2. The standard InChI is InChI=1S/C14H20N4O2S/c1-8(2)6-7-21-12-10-11(15-9(3)16-12)17(4)14(20)18(5)13(10)19/h8H,6-7H2,1-5H3. The molecule has 0 aliphatic heterocycles. The lowest BCUT2D eigenvalue weighted by atomic mass is 10.2. The van der Waals surface area contributed by atoms with Gasteiger partial charge in [-0.25, -0.2) is 14.8 Å². The van der Waals surface area contributed by atoms with E-state index >= 15 is 0 Å². The molecule has 0 aromatic carbocycles. The van der Waals surface area contributed by atoms with Gasteiger partial charge in [0, 0.05) is 14.1 Å². The molecule has 21 heavy (non-hydrogen) atoms. The molecule has 0 unspecified atom stereocenters. The van der Waals surface area contributed by atoms with Crippen molar-refractivity contribution in [3.63, 3.8) is 0 Å². The van der Waals surface area contributed by atoms with Crippen LogP contribution < -0.4 is 11.2 Å². The quantitative estimate of drug-likeness (QED) is 0.632. The van der Waals surface area contributed by atoms with Gasteiger partial charge in [0.15, 0.2) is 5.65 Å². The highest BCUT2D eigenvalue weighted by molar-refractivity contribution is 7.99. The van der Waals surface area contributed by atoms with Crippen LogP contribution in [0, 0.1) is 12.8 Å². The van der Waals surface area contributed by atoms with Crippen LogP contribution in [0.1, 0.15) is 26.1 Å². The Morgan fingerprint density at radius 3 is 2.43 bits per heavy atom. The van der Waals surface area contributed by atoms with Crippen molar-refractivity contribution in [3.05, 3.63) is 26.7 Å². The van der Waals surface area contributed by atoms with Crippen molar-refractivity contribution in [1.82, 2.24) is 19.1 Å². The normalized spacial score (nSPS) is 11.5. The van der Waals surface area contributed by atoms with E-state index in [1.807, 2.05) is 0 Å². The number of aryl methyl sites for hydroxylation is 2. The first-order chi connectivity index (χ1) is 9.82. The molecule has 2 rings (SSSR count). The molecule has 2 aromatic heterocycles. The molecule has 0 bridgehead atoms. The van der Waals surface area contributed by atoms with Gasteiger partial charge in [-0.15, -0.1) is 11.8 Å². The van der Waals surface area contributed by atoms with Gasteiger partial charge in [0.25, 0.3) is 5.56 Å². The Balaban J connectivity index is 2.65. The molecule has 7 heteroatoms. The Morgan fingerprint density at radius 1 is 1.14 bits per heavy atom. The van der Waals surface area contributed by atoms with Gasteiger partial charge in [-0.3, -0.25) is 13.9 Å². The molecule has 0 spiro atoms. The monoisotopic (exact) mass is 308 g/mol. The summed E-state index contributed by atoms with van der Waals surface area (Å²) in [5, 5.41) is 1.09. The maximum Gasteiger partial charge on any atom is 0.332 e. The predicted octanol–water partition coefficient (Wildman–Crippen LogP) is 1.47. The van der Waals surface area contributed by atoms with Gasteiger partial charge in [-0.1, -0.05) is 13.8 Å². The minimum Gasteiger partial charge on any atom is -0.280 e. The Labute approximate surface area is 127 Å². The number of aromatic nitrogens is 4. The summed E-state index contributed by atoms with van der Waals surface area (Å²) >= 11 is 1.55. The second-order valence-electron chi connectivity index (χ2n) is 5.51. The molecule has 0 atom stereocenters. The van der Waals surface area contributed by atoms with E-state index in [1.54, 1.807) is 25.7 Å². The fourth-order valence-corrected chi connectivity index (χ4v) is 3.33. The van der Waals surface area contributed by atoms with Gasteiger partial charge in [-0.2, -0.15) is 0 Å². The van der Waals surface area contributed by atoms with Crippen LogP contribution >= 0.6 is 11.8 Å². The molecule has 0 N–H and O–H groups in total. The van der Waals surface area contributed by atoms with Crippen LogP contribution in [-0.4, -0.2) is 24.9 Å². The second kappa shape index (κ2) is 6.01. The van der Waals surface area contributed by atoms with Crippen molar-refractivity contribution >= 4 is 22.8 Å². The number of rotatable bonds is 4. The van der Waals surface area contributed by atoms with Gasteiger partial charge < -0.3 is 0 Å². The minimum absolute atomic E-state index is 0.333. The van der Waals surface area contributed by atoms with E-state index in [0.29, 0.717) is 27.8 Å². The van der Waals surface area contributed by atoms with E-state index in [1.165, 1.54) is 11.6 Å². The summed E-state index contributed by atoms with van der Waals surface area (Å²) in [6, 6.07) is 0. The topological polar surface area (TPSA) is 69.8 Å². The van der Waals surface area contributed by atoms with Crippen molar-refractivity contribution in [1.29, 1.82) is 0 Å². The van der Waals surface area contributed by atoms with E-state index in [9.17, 15) is 9.59 Å². The molecule has 2 heterocycles. The third-order valence-corrected chi connectivity index (χ3v) is 4.32. The number of hydrogen-bond donors (Lipinski definition) is 0. The summed E-state index contributed by atoms with van der Waals surface area (Å²) in [7, 11) is 3.10. The van der Waals surface area contributed by atoms with E-state index in [0.717, 1.165) is 16.7 Å². The zero-order valence-corrected chi connectivity index (χ0v) is 13.8. The SMILES string of the molecule is Cc1nc(SCCC(C)C)c2c(=O)n(C)c(=O)n(C)c2n1. The van der Waals surface area contributed by atoms with Crippen LogP contribution in [-0.2, 0) is 14.1 Å². The fourth-order valence-electron chi connectivity index (χ4n) is 2.03. The molecule has 6 nitrogen and oxygen atoms in total. The third-order valence-electron chi connectivity index (χ3n) is 3.31. The Morgan fingerprint density at radius 2 is 1.81 bits per heavy atom. The number of nitrogens with zero attached hydrogens (tertiary/aromatic N) is 4. The molecule has 0 aliphatic carbocycles. The van der Waals surface area contributed by atoms with Crippen molar-refractivity contribution in [3.8, 4) is 0 Å². The van der Waals surface area contributed by atoms with Crippen molar-refractivity contribution in [2.24, 2.45) is 20.0 Å². The van der Waals surface area contributed by atoms with Gasteiger partial charge >= 0.3 is 5.69 Å². The van der Waals surface area contributed by atoms with E-state index in [4.69, 9.17) is 0 Å². The summed E-state index contributed by atoms with van der Waals surface area (Å²) in [6.07, 6.45) is 1.04. The largest absolute Gasteiger partial charge is 0.332 e. The molecule has 0 amide bonds.